The van der Waals surface area contributed by atoms with Crippen LogP contribution in [-0.4, -0.2) is 61.8 Å². The Morgan fingerprint density at radius 1 is 0.667 bits per heavy atom. The highest BCUT2D eigenvalue weighted by Gasteiger charge is 2.03. The number of aliphatic hydroxyl groups is 1. The second-order valence-corrected chi connectivity index (χ2v) is 8.66. The standard InChI is InChI=1S/C25H53N3O2/c1-3-5-6-7-8-9-10-11-12-13-14-15-19-27-25(30)17-20-26-18-16-22-28(21-4-2)23-24-29/h26,29H,3-24H2,1-2H3,(H,27,30). The minimum Gasteiger partial charge on any atom is -0.395 e. The van der Waals surface area contributed by atoms with Crippen molar-refractivity contribution in [2.24, 2.45) is 0 Å². The maximum Gasteiger partial charge on any atom is 0.221 e. The zero-order valence-electron chi connectivity index (χ0n) is 20.4. The van der Waals surface area contributed by atoms with Gasteiger partial charge in [-0.3, -0.25) is 4.79 Å². The van der Waals surface area contributed by atoms with E-state index in [9.17, 15) is 4.79 Å². The van der Waals surface area contributed by atoms with Crippen molar-refractivity contribution in [3.8, 4) is 0 Å². The maximum absolute atomic E-state index is 11.9. The number of aliphatic hydroxyl groups excluding tert-OH is 1. The maximum atomic E-state index is 11.9. The van der Waals surface area contributed by atoms with Gasteiger partial charge in [-0.2, -0.15) is 0 Å². The van der Waals surface area contributed by atoms with Crippen molar-refractivity contribution in [3.63, 3.8) is 0 Å². The van der Waals surface area contributed by atoms with E-state index >= 15 is 0 Å². The molecule has 0 aliphatic heterocycles. The first-order chi connectivity index (χ1) is 14.7. The molecule has 1 amide bonds. The molecule has 0 radical (unpaired) electrons. The third-order valence-electron chi connectivity index (χ3n) is 5.67. The lowest BCUT2D eigenvalue weighted by molar-refractivity contribution is -0.121. The van der Waals surface area contributed by atoms with Crippen LogP contribution in [0.2, 0.25) is 0 Å². The normalized spacial score (nSPS) is 11.3. The second kappa shape index (κ2) is 24.6. The minimum absolute atomic E-state index is 0.165. The van der Waals surface area contributed by atoms with Gasteiger partial charge in [0, 0.05) is 26.1 Å². The molecular weight excluding hydrogens is 374 g/mol. The summed E-state index contributed by atoms with van der Waals surface area (Å²) in [6, 6.07) is 0. The average molecular weight is 428 g/mol. The molecule has 0 atom stereocenters. The summed E-state index contributed by atoms with van der Waals surface area (Å²) in [6.45, 7) is 9.98. The van der Waals surface area contributed by atoms with Crippen molar-refractivity contribution in [3.05, 3.63) is 0 Å². The first kappa shape index (κ1) is 29.4. The molecule has 180 valence electrons. The largest absolute Gasteiger partial charge is 0.395 e. The molecule has 0 aromatic heterocycles. The summed E-state index contributed by atoms with van der Waals surface area (Å²) >= 11 is 0. The molecule has 0 unspecified atom stereocenters. The number of hydrogen-bond donors (Lipinski definition) is 3. The molecule has 0 bridgehead atoms. The van der Waals surface area contributed by atoms with E-state index in [1.165, 1.54) is 70.6 Å². The Morgan fingerprint density at radius 3 is 1.83 bits per heavy atom. The predicted molar refractivity (Wildman–Crippen MR) is 130 cm³/mol. The molecule has 0 rings (SSSR count). The number of rotatable bonds is 24. The van der Waals surface area contributed by atoms with Gasteiger partial charge in [-0.25, -0.2) is 0 Å². The van der Waals surface area contributed by atoms with Crippen molar-refractivity contribution < 1.29 is 9.90 Å². The van der Waals surface area contributed by atoms with E-state index in [4.69, 9.17) is 5.11 Å². The van der Waals surface area contributed by atoms with Gasteiger partial charge in [0.1, 0.15) is 0 Å². The van der Waals surface area contributed by atoms with Gasteiger partial charge in [-0.05, 0) is 38.9 Å². The van der Waals surface area contributed by atoms with E-state index in [-0.39, 0.29) is 12.5 Å². The fraction of sp³-hybridized carbons (Fsp3) is 0.960. The molecule has 5 heteroatoms. The Labute approximate surface area is 187 Å². The molecule has 0 aliphatic rings. The van der Waals surface area contributed by atoms with Crippen LogP contribution in [0, 0.1) is 0 Å². The first-order valence-corrected chi connectivity index (χ1v) is 13.0. The molecule has 5 nitrogen and oxygen atoms in total. The number of nitrogens with one attached hydrogen (secondary N) is 2. The lowest BCUT2D eigenvalue weighted by atomic mass is 10.1. The highest BCUT2D eigenvalue weighted by Crippen LogP contribution is 2.11. The van der Waals surface area contributed by atoms with Gasteiger partial charge in [0.25, 0.3) is 0 Å². The van der Waals surface area contributed by atoms with Crippen LogP contribution in [0.15, 0.2) is 0 Å². The van der Waals surface area contributed by atoms with E-state index in [1.54, 1.807) is 0 Å². The summed E-state index contributed by atoms with van der Waals surface area (Å²) in [5, 5.41) is 15.5. The van der Waals surface area contributed by atoms with Crippen LogP contribution in [0.25, 0.3) is 0 Å². The quantitative estimate of drug-likeness (QED) is 0.192. The Kier molecular flexibility index (Phi) is 24.1. The summed E-state index contributed by atoms with van der Waals surface area (Å²) in [5.74, 6) is 0.165. The lowest BCUT2D eigenvalue weighted by Gasteiger charge is -2.20. The van der Waals surface area contributed by atoms with Crippen molar-refractivity contribution in [1.82, 2.24) is 15.5 Å². The van der Waals surface area contributed by atoms with Crippen LogP contribution >= 0.6 is 0 Å². The highest BCUT2D eigenvalue weighted by atomic mass is 16.3. The van der Waals surface area contributed by atoms with Crippen LogP contribution < -0.4 is 10.6 Å². The number of unbranched alkanes of at least 4 members (excludes halogenated alkanes) is 11. The van der Waals surface area contributed by atoms with Crippen LogP contribution in [0.5, 0.6) is 0 Å². The number of carbonyl (C=O) groups is 1. The Hall–Kier alpha value is -0.650. The van der Waals surface area contributed by atoms with E-state index in [2.05, 4.69) is 29.4 Å². The third kappa shape index (κ3) is 22.0. The summed E-state index contributed by atoms with van der Waals surface area (Å²) in [5.41, 5.74) is 0. The van der Waals surface area contributed by atoms with Crippen LogP contribution in [0.1, 0.15) is 110 Å². The van der Waals surface area contributed by atoms with Gasteiger partial charge in [0.05, 0.1) is 6.61 Å². The molecule has 30 heavy (non-hydrogen) atoms. The first-order valence-electron chi connectivity index (χ1n) is 13.0. The smallest absolute Gasteiger partial charge is 0.221 e. The van der Waals surface area contributed by atoms with Gasteiger partial charge in [0.15, 0.2) is 0 Å². The van der Waals surface area contributed by atoms with Gasteiger partial charge in [-0.15, -0.1) is 0 Å². The summed E-state index contributed by atoms with van der Waals surface area (Å²) in [6.07, 6.45) is 18.9. The van der Waals surface area contributed by atoms with Gasteiger partial charge < -0.3 is 20.6 Å². The SMILES string of the molecule is CCCCCCCCCCCCCCNC(=O)CCNCCCN(CCC)CCO. The minimum atomic E-state index is 0.165. The topological polar surface area (TPSA) is 64.6 Å². The van der Waals surface area contributed by atoms with Gasteiger partial charge in [-0.1, -0.05) is 84.5 Å². The monoisotopic (exact) mass is 427 g/mol. The fourth-order valence-electron chi connectivity index (χ4n) is 3.83. The van der Waals surface area contributed by atoms with Crippen molar-refractivity contribution in [2.75, 3.05) is 45.9 Å². The molecule has 0 saturated heterocycles. The number of carbonyl (C=O) groups excluding carboxylic acids is 1. The Morgan fingerprint density at radius 2 is 1.27 bits per heavy atom. The zero-order valence-corrected chi connectivity index (χ0v) is 20.4. The number of nitrogens with zero attached hydrogens (tertiary/aromatic N) is 1. The van der Waals surface area contributed by atoms with Gasteiger partial charge in [0.2, 0.25) is 5.91 Å². The third-order valence-corrected chi connectivity index (χ3v) is 5.67. The molecule has 0 saturated carbocycles. The van der Waals surface area contributed by atoms with E-state index in [0.717, 1.165) is 58.5 Å². The van der Waals surface area contributed by atoms with Crippen molar-refractivity contribution >= 4 is 5.91 Å². The summed E-state index contributed by atoms with van der Waals surface area (Å²) < 4.78 is 0. The van der Waals surface area contributed by atoms with E-state index in [1.807, 2.05) is 0 Å². The van der Waals surface area contributed by atoms with Crippen molar-refractivity contribution in [2.45, 2.75) is 110 Å². The molecule has 0 spiro atoms. The lowest BCUT2D eigenvalue weighted by Crippen LogP contribution is -2.32. The average Bonchev–Trinajstić information content (AvgIpc) is 2.74. The second-order valence-electron chi connectivity index (χ2n) is 8.66. The predicted octanol–water partition coefficient (Wildman–Crippen LogP) is 4.88. The summed E-state index contributed by atoms with van der Waals surface area (Å²) in [7, 11) is 0. The highest BCUT2D eigenvalue weighted by molar-refractivity contribution is 5.75. The zero-order chi connectivity index (χ0) is 22.1. The van der Waals surface area contributed by atoms with E-state index in [0.29, 0.717) is 6.42 Å². The Bertz CT molecular complexity index is 347. The van der Waals surface area contributed by atoms with Gasteiger partial charge >= 0.3 is 0 Å². The molecule has 0 aromatic rings. The summed E-state index contributed by atoms with van der Waals surface area (Å²) in [4.78, 5) is 14.2. The van der Waals surface area contributed by atoms with Crippen LogP contribution in [0.4, 0.5) is 0 Å². The van der Waals surface area contributed by atoms with E-state index < -0.39 is 0 Å². The molecular formula is C25H53N3O2. The van der Waals surface area contributed by atoms with Crippen molar-refractivity contribution in [1.29, 1.82) is 0 Å². The molecule has 0 heterocycles. The fourth-order valence-corrected chi connectivity index (χ4v) is 3.83. The Balaban J connectivity index is 3.29. The van der Waals surface area contributed by atoms with Crippen LogP contribution in [-0.2, 0) is 4.79 Å². The molecule has 0 aliphatic carbocycles. The van der Waals surface area contributed by atoms with Crippen LogP contribution in [0.3, 0.4) is 0 Å². The molecule has 0 aromatic carbocycles. The number of hydrogen-bond acceptors (Lipinski definition) is 4. The molecule has 0 fully saturated rings. The molecule has 3 N–H and O–H groups in total. The number of amides is 1.